The van der Waals surface area contributed by atoms with Crippen LogP contribution in [-0.2, 0) is 11.0 Å². The van der Waals surface area contributed by atoms with Gasteiger partial charge in [-0.3, -0.25) is 9.59 Å². The molecule has 0 aliphatic carbocycles. The number of amides is 1. The van der Waals surface area contributed by atoms with Crippen molar-refractivity contribution in [3.8, 4) is 5.75 Å². The Hall–Kier alpha value is -2.48. The fourth-order valence-corrected chi connectivity index (χ4v) is 2.28. The minimum absolute atomic E-state index is 0.0410. The maximum atomic E-state index is 12.8. The van der Waals surface area contributed by atoms with Crippen LogP contribution in [0.15, 0.2) is 41.3 Å². The van der Waals surface area contributed by atoms with Gasteiger partial charge in [-0.25, -0.2) is 0 Å². The summed E-state index contributed by atoms with van der Waals surface area (Å²) in [5.41, 5.74) is -1.68. The average molecular weight is 375 g/mol. The van der Waals surface area contributed by atoms with Gasteiger partial charge >= 0.3 is 6.18 Å². The first-order chi connectivity index (χ1) is 11.6. The highest BCUT2D eigenvalue weighted by Gasteiger charge is 2.31. The fourth-order valence-electron chi connectivity index (χ4n) is 2.11. The van der Waals surface area contributed by atoms with Gasteiger partial charge in [-0.1, -0.05) is 11.6 Å². The van der Waals surface area contributed by atoms with Crippen molar-refractivity contribution in [1.82, 2.24) is 4.57 Å². The lowest BCUT2D eigenvalue weighted by molar-refractivity contribution is -0.137. The molecule has 0 aliphatic rings. The van der Waals surface area contributed by atoms with Gasteiger partial charge in [0.15, 0.2) is 5.75 Å². The Morgan fingerprint density at radius 1 is 1.32 bits per heavy atom. The molecule has 2 aromatic rings. The first-order valence-corrected chi connectivity index (χ1v) is 7.45. The Kier molecular flexibility index (Phi) is 5.42. The lowest BCUT2D eigenvalue weighted by Crippen LogP contribution is -2.31. The van der Waals surface area contributed by atoms with E-state index in [-0.39, 0.29) is 16.5 Å². The maximum absolute atomic E-state index is 12.8. The van der Waals surface area contributed by atoms with E-state index in [0.717, 1.165) is 22.8 Å². The third kappa shape index (κ3) is 4.14. The van der Waals surface area contributed by atoms with Crippen molar-refractivity contribution in [2.24, 2.45) is 0 Å². The van der Waals surface area contributed by atoms with Gasteiger partial charge in [0.1, 0.15) is 6.04 Å². The first kappa shape index (κ1) is 18.9. The predicted octanol–water partition coefficient (Wildman–Crippen LogP) is 3.73. The van der Waals surface area contributed by atoms with Crippen molar-refractivity contribution in [2.75, 3.05) is 12.4 Å². The summed E-state index contributed by atoms with van der Waals surface area (Å²) in [6, 6.07) is 4.56. The third-order valence-corrected chi connectivity index (χ3v) is 3.84. The van der Waals surface area contributed by atoms with Crippen LogP contribution in [0.4, 0.5) is 18.9 Å². The van der Waals surface area contributed by atoms with E-state index >= 15 is 0 Å². The smallest absolute Gasteiger partial charge is 0.416 e. The summed E-state index contributed by atoms with van der Waals surface area (Å²) in [5.74, 6) is -0.657. The maximum Gasteiger partial charge on any atom is 0.416 e. The topological polar surface area (TPSA) is 60.3 Å². The molecule has 0 bridgehead atoms. The molecule has 0 fully saturated rings. The van der Waals surface area contributed by atoms with Gasteiger partial charge in [-0.05, 0) is 37.3 Å². The van der Waals surface area contributed by atoms with Crippen LogP contribution in [0.1, 0.15) is 18.5 Å². The molecule has 1 N–H and O–H groups in total. The van der Waals surface area contributed by atoms with Crippen molar-refractivity contribution >= 4 is 23.2 Å². The quantitative estimate of drug-likeness (QED) is 0.887. The molecule has 1 amide bonds. The van der Waals surface area contributed by atoms with E-state index in [2.05, 4.69) is 5.32 Å². The zero-order valence-corrected chi connectivity index (χ0v) is 14.0. The van der Waals surface area contributed by atoms with Gasteiger partial charge in [-0.2, -0.15) is 13.2 Å². The second kappa shape index (κ2) is 7.18. The molecule has 134 valence electrons. The number of hydrogen-bond donors (Lipinski definition) is 1. The molecular formula is C16H14ClF3N2O3. The van der Waals surface area contributed by atoms with Crippen LogP contribution in [0.2, 0.25) is 5.02 Å². The lowest BCUT2D eigenvalue weighted by Gasteiger charge is -2.17. The molecule has 0 spiro atoms. The van der Waals surface area contributed by atoms with Gasteiger partial charge in [-0.15, -0.1) is 0 Å². The molecule has 1 heterocycles. The van der Waals surface area contributed by atoms with E-state index in [9.17, 15) is 22.8 Å². The van der Waals surface area contributed by atoms with Gasteiger partial charge < -0.3 is 14.6 Å². The van der Waals surface area contributed by atoms with E-state index in [4.69, 9.17) is 16.3 Å². The molecule has 1 atom stereocenters. The number of methoxy groups -OCH3 is 1. The molecule has 0 radical (unpaired) electrons. The highest BCUT2D eigenvalue weighted by atomic mass is 35.5. The second-order valence-corrected chi connectivity index (χ2v) is 5.55. The van der Waals surface area contributed by atoms with E-state index in [1.807, 2.05) is 0 Å². The van der Waals surface area contributed by atoms with Crippen molar-refractivity contribution in [3.63, 3.8) is 0 Å². The average Bonchev–Trinajstić information content (AvgIpc) is 2.55. The van der Waals surface area contributed by atoms with Gasteiger partial charge in [0.05, 0.1) is 23.4 Å². The Morgan fingerprint density at radius 2 is 2.00 bits per heavy atom. The Labute approximate surface area is 146 Å². The van der Waals surface area contributed by atoms with Crippen molar-refractivity contribution < 1.29 is 22.7 Å². The summed E-state index contributed by atoms with van der Waals surface area (Å²) in [4.78, 5) is 24.5. The predicted molar refractivity (Wildman–Crippen MR) is 87.0 cm³/mol. The van der Waals surface area contributed by atoms with Crippen LogP contribution in [0, 0.1) is 0 Å². The number of pyridine rings is 1. The number of anilines is 1. The largest absolute Gasteiger partial charge is 0.491 e. The number of rotatable bonds is 4. The minimum atomic E-state index is -4.57. The van der Waals surface area contributed by atoms with E-state index in [1.54, 1.807) is 0 Å². The lowest BCUT2D eigenvalue weighted by atomic mass is 10.2. The van der Waals surface area contributed by atoms with Crippen LogP contribution in [0.5, 0.6) is 5.75 Å². The molecule has 5 nitrogen and oxygen atoms in total. The van der Waals surface area contributed by atoms with Crippen molar-refractivity contribution in [3.05, 3.63) is 57.5 Å². The van der Waals surface area contributed by atoms with Gasteiger partial charge in [0, 0.05) is 6.20 Å². The molecule has 1 unspecified atom stereocenters. The monoisotopic (exact) mass is 374 g/mol. The SMILES string of the molecule is COc1cccn(C(C)C(=O)Nc2cc(C(F)(F)F)ccc2Cl)c1=O. The van der Waals surface area contributed by atoms with Gasteiger partial charge in [0.2, 0.25) is 5.91 Å². The molecule has 25 heavy (non-hydrogen) atoms. The summed E-state index contributed by atoms with van der Waals surface area (Å²) in [5, 5.41) is 2.26. The number of nitrogens with one attached hydrogen (secondary N) is 1. The van der Waals surface area contributed by atoms with Crippen LogP contribution in [-0.4, -0.2) is 17.6 Å². The van der Waals surface area contributed by atoms with Crippen LogP contribution in [0.25, 0.3) is 0 Å². The summed E-state index contributed by atoms with van der Waals surface area (Å²) in [6.07, 6.45) is -3.19. The normalized spacial score (nSPS) is 12.6. The van der Waals surface area contributed by atoms with Crippen LogP contribution in [0.3, 0.4) is 0 Å². The number of benzene rings is 1. The molecule has 0 saturated carbocycles. The number of halogens is 4. The summed E-state index contributed by atoms with van der Waals surface area (Å²) in [7, 11) is 1.31. The Bertz CT molecular complexity index is 849. The molecule has 1 aromatic heterocycles. The number of alkyl halides is 3. The number of hydrogen-bond acceptors (Lipinski definition) is 3. The number of ether oxygens (including phenoxy) is 1. The van der Waals surface area contributed by atoms with Gasteiger partial charge in [0.25, 0.3) is 5.56 Å². The van der Waals surface area contributed by atoms with E-state index < -0.39 is 29.2 Å². The Balaban J connectivity index is 2.30. The van der Waals surface area contributed by atoms with Crippen molar-refractivity contribution in [1.29, 1.82) is 0 Å². The second-order valence-electron chi connectivity index (χ2n) is 5.15. The third-order valence-electron chi connectivity index (χ3n) is 3.51. The molecule has 0 aliphatic heterocycles. The van der Waals surface area contributed by atoms with E-state index in [1.165, 1.54) is 32.4 Å². The van der Waals surface area contributed by atoms with Crippen molar-refractivity contribution in [2.45, 2.75) is 19.1 Å². The number of carbonyl (C=O) groups excluding carboxylic acids is 1. The summed E-state index contributed by atoms with van der Waals surface area (Å²) >= 11 is 5.85. The number of nitrogens with zero attached hydrogens (tertiary/aromatic N) is 1. The zero-order chi connectivity index (χ0) is 18.8. The molecule has 1 aromatic carbocycles. The number of carbonyl (C=O) groups is 1. The molecule has 9 heteroatoms. The molecule has 0 saturated heterocycles. The molecule has 2 rings (SSSR count). The minimum Gasteiger partial charge on any atom is -0.491 e. The first-order valence-electron chi connectivity index (χ1n) is 7.08. The summed E-state index contributed by atoms with van der Waals surface area (Å²) < 4.78 is 44.3. The fraction of sp³-hybridized carbons (Fsp3) is 0.250. The van der Waals surface area contributed by atoms with Crippen LogP contribution >= 0.6 is 11.6 Å². The highest BCUT2D eigenvalue weighted by molar-refractivity contribution is 6.33. The van der Waals surface area contributed by atoms with E-state index in [0.29, 0.717) is 0 Å². The highest BCUT2D eigenvalue weighted by Crippen LogP contribution is 2.34. The Morgan fingerprint density at radius 3 is 2.60 bits per heavy atom. The summed E-state index contributed by atoms with van der Waals surface area (Å²) in [6.45, 7) is 1.43. The standard InChI is InChI=1S/C16H14ClF3N2O3/c1-9(22-7-3-4-13(25-2)15(22)24)14(23)21-12-8-10(16(18,19)20)5-6-11(12)17/h3-9H,1-2H3,(H,21,23). The zero-order valence-electron chi connectivity index (χ0n) is 13.2. The van der Waals surface area contributed by atoms with Crippen LogP contribution < -0.4 is 15.6 Å². The number of aromatic nitrogens is 1. The molecular weight excluding hydrogens is 361 g/mol.